The van der Waals surface area contributed by atoms with Crippen LogP contribution in [0.3, 0.4) is 0 Å². The van der Waals surface area contributed by atoms with Crippen LogP contribution >= 0.6 is 0 Å². The van der Waals surface area contributed by atoms with E-state index in [1.165, 1.54) is 12.1 Å². The van der Waals surface area contributed by atoms with E-state index in [-0.39, 0.29) is 12.1 Å². The number of aryl methyl sites for hydroxylation is 1. The van der Waals surface area contributed by atoms with Gasteiger partial charge in [0.1, 0.15) is 0 Å². The summed E-state index contributed by atoms with van der Waals surface area (Å²) in [5.41, 5.74) is 6.64. The second kappa shape index (κ2) is 5.41. The fraction of sp³-hybridized carbons (Fsp3) is 0.571. The molecule has 0 saturated heterocycles. The maximum Gasteiger partial charge on any atom is 0.416 e. The van der Waals surface area contributed by atoms with Crippen molar-refractivity contribution in [2.45, 2.75) is 50.9 Å². The lowest BCUT2D eigenvalue weighted by Gasteiger charge is -2.28. The van der Waals surface area contributed by atoms with Crippen LogP contribution in [0.2, 0.25) is 0 Å². The van der Waals surface area contributed by atoms with Gasteiger partial charge in [0.15, 0.2) is 0 Å². The van der Waals surface area contributed by atoms with E-state index >= 15 is 0 Å². The average Bonchev–Trinajstić information content (AvgIpc) is 2.33. The van der Waals surface area contributed by atoms with E-state index < -0.39 is 11.7 Å². The van der Waals surface area contributed by atoms with Gasteiger partial charge in [-0.2, -0.15) is 13.2 Å². The maximum atomic E-state index is 12.7. The van der Waals surface area contributed by atoms with Gasteiger partial charge < -0.3 is 11.1 Å². The van der Waals surface area contributed by atoms with E-state index in [1.54, 1.807) is 0 Å². The molecule has 0 aromatic heterocycles. The summed E-state index contributed by atoms with van der Waals surface area (Å²) < 4.78 is 38.1. The van der Waals surface area contributed by atoms with Crippen LogP contribution in [0.15, 0.2) is 18.2 Å². The van der Waals surface area contributed by atoms with E-state index in [4.69, 9.17) is 5.73 Å². The summed E-state index contributed by atoms with van der Waals surface area (Å²) in [7, 11) is 0. The van der Waals surface area contributed by atoms with Gasteiger partial charge in [0.25, 0.3) is 0 Å². The van der Waals surface area contributed by atoms with Crippen molar-refractivity contribution < 1.29 is 13.2 Å². The van der Waals surface area contributed by atoms with Crippen LogP contribution in [0.1, 0.15) is 36.8 Å². The molecule has 1 aromatic carbocycles. The van der Waals surface area contributed by atoms with Crippen LogP contribution in [-0.4, -0.2) is 12.1 Å². The third-order valence-corrected chi connectivity index (χ3v) is 3.70. The van der Waals surface area contributed by atoms with Crippen molar-refractivity contribution in [3.05, 3.63) is 29.3 Å². The third-order valence-electron chi connectivity index (χ3n) is 3.70. The third kappa shape index (κ3) is 3.62. The smallest absolute Gasteiger partial charge is 0.382 e. The summed E-state index contributed by atoms with van der Waals surface area (Å²) in [4.78, 5) is 0. The Morgan fingerprint density at radius 1 is 1.16 bits per heavy atom. The second-order valence-electron chi connectivity index (χ2n) is 5.28. The molecule has 1 aliphatic rings. The predicted molar refractivity (Wildman–Crippen MR) is 70.0 cm³/mol. The van der Waals surface area contributed by atoms with E-state index in [0.717, 1.165) is 37.3 Å². The van der Waals surface area contributed by atoms with Crippen LogP contribution in [0.5, 0.6) is 0 Å². The molecule has 0 aliphatic heterocycles. The molecular formula is C14H19F3N2. The minimum atomic E-state index is -4.29. The molecule has 0 bridgehead atoms. The lowest BCUT2D eigenvalue weighted by atomic mass is 9.91. The highest BCUT2D eigenvalue weighted by molar-refractivity contribution is 5.54. The Morgan fingerprint density at radius 3 is 2.37 bits per heavy atom. The highest BCUT2D eigenvalue weighted by Gasteiger charge is 2.31. The number of hydrogen-bond acceptors (Lipinski definition) is 2. The van der Waals surface area contributed by atoms with Crippen molar-refractivity contribution in [3.63, 3.8) is 0 Å². The molecule has 0 atom stereocenters. The fourth-order valence-corrected chi connectivity index (χ4v) is 2.44. The maximum absolute atomic E-state index is 12.7. The molecule has 2 nitrogen and oxygen atoms in total. The monoisotopic (exact) mass is 272 g/mol. The first-order chi connectivity index (χ1) is 8.86. The highest BCUT2D eigenvalue weighted by Crippen LogP contribution is 2.33. The van der Waals surface area contributed by atoms with Crippen LogP contribution in [0.4, 0.5) is 18.9 Å². The minimum absolute atomic E-state index is 0.224. The molecule has 0 heterocycles. The molecule has 1 aromatic rings. The molecule has 0 spiro atoms. The Balaban J connectivity index is 2.11. The number of nitrogens with one attached hydrogen (secondary N) is 1. The zero-order valence-electron chi connectivity index (χ0n) is 10.9. The molecular weight excluding hydrogens is 253 g/mol. The van der Waals surface area contributed by atoms with Gasteiger partial charge in [-0.05, 0) is 50.3 Å². The van der Waals surface area contributed by atoms with Gasteiger partial charge in [0.2, 0.25) is 0 Å². The topological polar surface area (TPSA) is 38.0 Å². The van der Waals surface area contributed by atoms with Gasteiger partial charge in [-0.25, -0.2) is 0 Å². The Morgan fingerprint density at radius 2 is 1.79 bits per heavy atom. The summed E-state index contributed by atoms with van der Waals surface area (Å²) in [6.45, 7) is 1.82. The minimum Gasteiger partial charge on any atom is -0.382 e. The summed E-state index contributed by atoms with van der Waals surface area (Å²) in [5.74, 6) is 0. The number of anilines is 1. The van der Waals surface area contributed by atoms with Crippen LogP contribution in [0, 0.1) is 6.92 Å². The lowest BCUT2D eigenvalue weighted by Crippen LogP contribution is -2.33. The molecule has 0 unspecified atom stereocenters. The number of rotatable bonds is 2. The van der Waals surface area contributed by atoms with Gasteiger partial charge in [0, 0.05) is 17.8 Å². The van der Waals surface area contributed by atoms with E-state index in [2.05, 4.69) is 5.32 Å². The molecule has 0 amide bonds. The first-order valence-electron chi connectivity index (χ1n) is 6.56. The summed E-state index contributed by atoms with van der Waals surface area (Å²) in [5, 5.41) is 3.23. The van der Waals surface area contributed by atoms with Crippen molar-refractivity contribution in [2.75, 3.05) is 5.32 Å². The zero-order valence-corrected chi connectivity index (χ0v) is 10.9. The highest BCUT2D eigenvalue weighted by atomic mass is 19.4. The normalized spacial score (nSPS) is 24.3. The van der Waals surface area contributed by atoms with Crippen LogP contribution in [0.25, 0.3) is 0 Å². The quantitative estimate of drug-likeness (QED) is 0.861. The van der Waals surface area contributed by atoms with Gasteiger partial charge >= 0.3 is 6.18 Å². The number of hydrogen-bond donors (Lipinski definition) is 2. The number of alkyl halides is 3. The largest absolute Gasteiger partial charge is 0.416 e. The number of halogens is 3. The molecule has 5 heteroatoms. The molecule has 1 fully saturated rings. The van der Waals surface area contributed by atoms with Crippen molar-refractivity contribution in [3.8, 4) is 0 Å². The Labute approximate surface area is 111 Å². The second-order valence-corrected chi connectivity index (χ2v) is 5.28. The van der Waals surface area contributed by atoms with Crippen molar-refractivity contribution >= 4 is 5.69 Å². The molecule has 3 N–H and O–H groups in total. The predicted octanol–water partition coefficient (Wildman–Crippen LogP) is 3.70. The molecule has 106 valence electrons. The Kier molecular flexibility index (Phi) is 4.04. The number of benzene rings is 1. The Bertz CT molecular complexity index is 435. The zero-order chi connectivity index (χ0) is 14.0. The first kappa shape index (κ1) is 14.2. The Hall–Kier alpha value is -1.23. The number of nitrogens with two attached hydrogens (primary N) is 1. The van der Waals surface area contributed by atoms with Crippen LogP contribution < -0.4 is 11.1 Å². The molecule has 19 heavy (non-hydrogen) atoms. The molecule has 0 radical (unpaired) electrons. The first-order valence-corrected chi connectivity index (χ1v) is 6.56. The SMILES string of the molecule is Cc1ccc(C(F)(F)F)cc1NC1CCC(N)CC1. The van der Waals surface area contributed by atoms with E-state index in [9.17, 15) is 13.2 Å². The van der Waals surface area contributed by atoms with Gasteiger partial charge in [-0.3, -0.25) is 0 Å². The average molecular weight is 272 g/mol. The fourth-order valence-electron chi connectivity index (χ4n) is 2.44. The van der Waals surface area contributed by atoms with E-state index in [0.29, 0.717) is 5.69 Å². The van der Waals surface area contributed by atoms with Crippen molar-refractivity contribution in [2.24, 2.45) is 5.73 Å². The van der Waals surface area contributed by atoms with Gasteiger partial charge in [-0.1, -0.05) is 6.07 Å². The summed E-state index contributed by atoms with van der Waals surface area (Å²) >= 11 is 0. The molecule has 1 saturated carbocycles. The van der Waals surface area contributed by atoms with Crippen molar-refractivity contribution in [1.82, 2.24) is 0 Å². The van der Waals surface area contributed by atoms with Crippen molar-refractivity contribution in [1.29, 1.82) is 0 Å². The van der Waals surface area contributed by atoms with Gasteiger partial charge in [0.05, 0.1) is 5.56 Å². The molecule has 1 aliphatic carbocycles. The van der Waals surface area contributed by atoms with Crippen LogP contribution in [-0.2, 0) is 6.18 Å². The summed E-state index contributed by atoms with van der Waals surface area (Å²) in [6.07, 6.45) is -0.613. The van der Waals surface area contributed by atoms with E-state index in [1.807, 2.05) is 6.92 Å². The molecule has 2 rings (SSSR count). The van der Waals surface area contributed by atoms with Gasteiger partial charge in [-0.15, -0.1) is 0 Å². The summed E-state index contributed by atoms with van der Waals surface area (Å²) in [6, 6.07) is 4.29. The lowest BCUT2D eigenvalue weighted by molar-refractivity contribution is -0.137. The standard InChI is InChI=1S/C14H19F3N2/c1-9-2-3-10(14(15,16)17)8-13(9)19-12-6-4-11(18)5-7-12/h2-3,8,11-12,19H,4-7,18H2,1H3.